The largest absolute Gasteiger partial charge is 0.444 e. The van der Waals surface area contributed by atoms with Crippen molar-refractivity contribution in [1.82, 2.24) is 20.6 Å². The Morgan fingerprint density at radius 1 is 0.333 bits per heavy atom. The number of carbonyl (C=O) groups excluding carboxylic acids is 5. The molecule has 0 atom stereocenters. The molecule has 0 aromatic heterocycles. The maximum absolute atomic E-state index is 11.8. The fraction of sp³-hybridized carbons (Fsp3) is 0.912. The van der Waals surface area contributed by atoms with Crippen LogP contribution in [0.1, 0.15) is 60.8 Å². The van der Waals surface area contributed by atoms with E-state index in [2.05, 4.69) is 15.5 Å². The summed E-state index contributed by atoms with van der Waals surface area (Å²) in [4.78, 5) is 65.0. The minimum Gasteiger partial charge on any atom is -0.444 e. The smallest absolute Gasteiger partial charge is 0.407 e. The Kier molecular flexibility index (Phi) is 55.0. The van der Waals surface area contributed by atoms with E-state index in [1.54, 1.807) is 0 Å². The zero-order chi connectivity index (χ0) is 63.4. The maximum Gasteiger partial charge on any atom is 0.407 e. The molecule has 0 saturated carbocycles. The molecule has 30 heteroatoms. The number of rotatable bonds is 64. The monoisotopic (exact) mass is 1260 g/mol. The van der Waals surface area contributed by atoms with Gasteiger partial charge in [-0.05, 0) is 41.5 Å². The average molecular weight is 1270 g/mol. The van der Waals surface area contributed by atoms with Crippen LogP contribution >= 0.6 is 0 Å². The topological polar surface area (TPSA) is 310 Å². The predicted octanol–water partition coefficient (Wildman–Crippen LogP) is 1.63. The molecule has 0 spiro atoms. The van der Waals surface area contributed by atoms with Crippen LogP contribution in [-0.4, -0.2) is 322 Å². The summed E-state index contributed by atoms with van der Waals surface area (Å²) in [7, 11) is 0. The van der Waals surface area contributed by atoms with E-state index in [4.69, 9.17) is 99.6 Å². The average Bonchev–Trinajstić information content (AvgIpc) is 3.91. The summed E-state index contributed by atoms with van der Waals surface area (Å²) in [5.41, 5.74) is -1.08. The second-order valence-electron chi connectivity index (χ2n) is 20.5. The summed E-state index contributed by atoms with van der Waals surface area (Å²) in [6, 6.07) is 0. The highest BCUT2D eigenvalue weighted by atomic mass is 16.7. The summed E-state index contributed by atoms with van der Waals surface area (Å²) in [5.74, 6) is -1.76. The molecular formula is C57H108N4O26. The number of hydroxylamine groups is 2. The molecule has 1 rings (SSSR count). The zero-order valence-corrected chi connectivity index (χ0v) is 53.1. The Hall–Kier alpha value is -3.61. The first-order valence-corrected chi connectivity index (χ1v) is 30.3. The molecule has 1 aliphatic heterocycles. The van der Waals surface area contributed by atoms with Crippen molar-refractivity contribution in [1.29, 1.82) is 0 Å². The Morgan fingerprint density at radius 3 is 0.770 bits per heavy atom. The fourth-order valence-corrected chi connectivity index (χ4v) is 6.56. The van der Waals surface area contributed by atoms with Gasteiger partial charge in [0.05, 0.1) is 244 Å². The number of imide groups is 1. The van der Waals surface area contributed by atoms with Crippen LogP contribution in [0.15, 0.2) is 0 Å². The standard InChI is InChI=1S/C57H108N4O26/c1-56(2,3)85-54(65)58-10-16-68-22-28-74-34-40-80-46-49-83-43-37-77-31-25-71-19-13-60(14-20-72-26-32-78-38-44-84-50-47-81-41-35-75-29-23-69-17-11-59-55(66)86-57(4,5)6)12-18-70-24-30-76-36-42-82-48-45-79-39-33-73-27-21-67-15-9-53(64)87-61-51(62)7-8-52(61)63/h7-50H2,1-6H3,(H,58,65)(H,59,66). The van der Waals surface area contributed by atoms with Gasteiger partial charge in [0, 0.05) is 45.6 Å². The third kappa shape index (κ3) is 59.8. The maximum atomic E-state index is 11.8. The molecule has 1 fully saturated rings. The summed E-state index contributed by atoms with van der Waals surface area (Å²) in [6.45, 7) is 28.5. The third-order valence-corrected chi connectivity index (χ3v) is 10.7. The van der Waals surface area contributed by atoms with Crippen molar-refractivity contribution < 1.29 is 124 Å². The van der Waals surface area contributed by atoms with E-state index in [1.807, 2.05) is 41.5 Å². The van der Waals surface area contributed by atoms with E-state index >= 15 is 0 Å². The van der Waals surface area contributed by atoms with Crippen LogP contribution in [-0.2, 0) is 114 Å². The van der Waals surface area contributed by atoms with Crippen molar-refractivity contribution in [2.45, 2.75) is 72.0 Å². The summed E-state index contributed by atoms with van der Waals surface area (Å²) in [6.07, 6.45) is -0.949. The number of hydrogen-bond donors (Lipinski definition) is 2. The van der Waals surface area contributed by atoms with E-state index in [9.17, 15) is 24.0 Å². The highest BCUT2D eigenvalue weighted by Gasteiger charge is 2.32. The first kappa shape index (κ1) is 81.4. The predicted molar refractivity (Wildman–Crippen MR) is 311 cm³/mol. The van der Waals surface area contributed by atoms with Crippen molar-refractivity contribution in [3.63, 3.8) is 0 Å². The van der Waals surface area contributed by atoms with Crippen LogP contribution in [0.5, 0.6) is 0 Å². The van der Waals surface area contributed by atoms with Gasteiger partial charge >= 0.3 is 18.2 Å². The zero-order valence-electron chi connectivity index (χ0n) is 53.1. The lowest BCUT2D eigenvalue weighted by Crippen LogP contribution is -2.34. The Bertz CT molecular complexity index is 1550. The van der Waals surface area contributed by atoms with Gasteiger partial charge in [-0.1, -0.05) is 0 Å². The van der Waals surface area contributed by atoms with Crippen molar-refractivity contribution >= 4 is 30.0 Å². The lowest BCUT2D eigenvalue weighted by atomic mass is 10.2. The second-order valence-corrected chi connectivity index (χ2v) is 20.5. The Balaban J connectivity index is 2.10. The molecule has 0 aromatic rings. The molecule has 0 aromatic carbocycles. The molecule has 30 nitrogen and oxygen atoms in total. The van der Waals surface area contributed by atoms with Gasteiger partial charge in [0.1, 0.15) is 11.2 Å². The van der Waals surface area contributed by atoms with Crippen LogP contribution < -0.4 is 10.6 Å². The van der Waals surface area contributed by atoms with E-state index in [-0.39, 0.29) is 32.5 Å². The third-order valence-electron chi connectivity index (χ3n) is 10.7. The number of carbonyl (C=O) groups is 5. The van der Waals surface area contributed by atoms with E-state index < -0.39 is 41.2 Å². The molecule has 0 aliphatic carbocycles. The van der Waals surface area contributed by atoms with E-state index in [0.717, 1.165) is 0 Å². The summed E-state index contributed by atoms with van der Waals surface area (Å²) >= 11 is 0. The second kappa shape index (κ2) is 58.7. The Morgan fingerprint density at radius 2 is 0.540 bits per heavy atom. The van der Waals surface area contributed by atoms with Gasteiger partial charge in [-0.25, -0.2) is 14.4 Å². The molecule has 1 heterocycles. The van der Waals surface area contributed by atoms with Gasteiger partial charge < -0.3 is 110 Å². The minimum absolute atomic E-state index is 0.0431. The highest BCUT2D eigenvalue weighted by molar-refractivity contribution is 6.01. The first-order valence-electron chi connectivity index (χ1n) is 30.3. The fourth-order valence-electron chi connectivity index (χ4n) is 6.56. The lowest BCUT2D eigenvalue weighted by Gasteiger charge is -2.22. The van der Waals surface area contributed by atoms with E-state index in [0.29, 0.717) is 262 Å². The van der Waals surface area contributed by atoms with Crippen LogP contribution in [0.4, 0.5) is 9.59 Å². The van der Waals surface area contributed by atoms with Gasteiger partial charge in [-0.15, -0.1) is 5.06 Å². The molecule has 1 aliphatic rings. The molecule has 0 unspecified atom stereocenters. The molecule has 4 amide bonds. The van der Waals surface area contributed by atoms with Gasteiger partial charge in [0.25, 0.3) is 11.8 Å². The van der Waals surface area contributed by atoms with E-state index in [1.165, 1.54) is 0 Å². The molecule has 1 saturated heterocycles. The van der Waals surface area contributed by atoms with Crippen molar-refractivity contribution in [2.75, 3.05) is 271 Å². The number of amides is 4. The van der Waals surface area contributed by atoms with Crippen LogP contribution in [0.25, 0.3) is 0 Å². The van der Waals surface area contributed by atoms with Crippen LogP contribution in [0, 0.1) is 0 Å². The SMILES string of the molecule is CC(C)(C)OC(=O)NCCOCCOCCOCCOCCOCCOCCN(CCOCCOCCOCCOCCOCCOCCNC(=O)OC(C)(C)C)CCOCCOCCOCCOCCOCCOCCC(=O)ON1C(=O)CCC1=O. The van der Waals surface area contributed by atoms with Crippen LogP contribution in [0.2, 0.25) is 0 Å². The minimum atomic E-state index is -0.713. The molecule has 2 N–H and O–H groups in total. The molecule has 0 bridgehead atoms. The van der Waals surface area contributed by atoms with Gasteiger partial charge in [-0.3, -0.25) is 14.5 Å². The normalized spacial score (nSPS) is 12.9. The molecule has 512 valence electrons. The Labute approximate surface area is 515 Å². The van der Waals surface area contributed by atoms with Crippen molar-refractivity contribution in [3.05, 3.63) is 0 Å². The lowest BCUT2D eigenvalue weighted by molar-refractivity contribution is -0.198. The molecule has 0 radical (unpaired) electrons. The first-order chi connectivity index (χ1) is 42.2. The van der Waals surface area contributed by atoms with Crippen LogP contribution in [0.3, 0.4) is 0 Å². The molecular weight excluding hydrogens is 1160 g/mol. The van der Waals surface area contributed by atoms with Gasteiger partial charge in [0.2, 0.25) is 0 Å². The van der Waals surface area contributed by atoms with Gasteiger partial charge in [-0.2, -0.15) is 0 Å². The number of hydrogen-bond acceptors (Lipinski definition) is 27. The highest BCUT2D eigenvalue weighted by Crippen LogP contribution is 2.13. The van der Waals surface area contributed by atoms with Gasteiger partial charge in [0.15, 0.2) is 0 Å². The molecule has 87 heavy (non-hydrogen) atoms. The summed E-state index contributed by atoms with van der Waals surface area (Å²) < 4.78 is 111. The number of nitrogens with zero attached hydrogens (tertiary/aromatic N) is 2. The van der Waals surface area contributed by atoms with Crippen molar-refractivity contribution in [3.8, 4) is 0 Å². The number of alkyl carbamates (subject to hydrolysis) is 2. The summed E-state index contributed by atoms with van der Waals surface area (Å²) in [5, 5.41) is 5.79. The number of ether oxygens (including phenoxy) is 20. The van der Waals surface area contributed by atoms with Crippen molar-refractivity contribution in [2.24, 2.45) is 0 Å². The number of nitrogens with one attached hydrogen (secondary N) is 2. The quantitative estimate of drug-likeness (QED) is 0.0646.